The second kappa shape index (κ2) is 6.75. The van der Waals surface area contributed by atoms with Gasteiger partial charge in [0.15, 0.2) is 13.2 Å². The van der Waals surface area contributed by atoms with Gasteiger partial charge in [-0.15, -0.1) is 0 Å². The number of nitrogens with one attached hydrogen (secondary N) is 1. The maximum Gasteiger partial charge on any atom is 0.338 e. The Labute approximate surface area is 155 Å². The molecule has 2 aromatic rings. The normalized spacial score (nSPS) is 17.4. The molecule has 0 bridgehead atoms. The van der Waals surface area contributed by atoms with E-state index in [9.17, 15) is 14.4 Å². The molecular weight excluding hydrogens is 348 g/mol. The van der Waals surface area contributed by atoms with Gasteiger partial charge in [0.2, 0.25) is 0 Å². The lowest BCUT2D eigenvalue weighted by atomic mass is 10.1. The summed E-state index contributed by atoms with van der Waals surface area (Å²) in [5.41, 5.74) is 2.73. The number of esters is 1. The molecule has 0 spiro atoms. The molecule has 2 aromatic carbocycles. The minimum atomic E-state index is -0.619. The lowest BCUT2D eigenvalue weighted by Gasteiger charge is -2.22. The average Bonchev–Trinajstić information content (AvgIpc) is 3.01. The molecule has 0 saturated heterocycles. The average molecular weight is 366 g/mol. The predicted octanol–water partition coefficient (Wildman–Crippen LogP) is 2.15. The van der Waals surface area contributed by atoms with E-state index in [2.05, 4.69) is 5.32 Å². The van der Waals surface area contributed by atoms with Gasteiger partial charge in [0.1, 0.15) is 5.75 Å². The fraction of sp³-hybridized carbons (Fsp3) is 0.250. The number of amides is 2. The quantitative estimate of drug-likeness (QED) is 0.842. The van der Waals surface area contributed by atoms with Crippen LogP contribution in [0.2, 0.25) is 0 Å². The molecule has 2 aliphatic rings. The second-order valence-corrected chi connectivity index (χ2v) is 6.57. The van der Waals surface area contributed by atoms with Crippen LogP contribution in [0.5, 0.6) is 5.75 Å². The number of ether oxygens (including phenoxy) is 2. The second-order valence-electron chi connectivity index (χ2n) is 6.57. The molecule has 1 atom stereocenters. The van der Waals surface area contributed by atoms with Crippen molar-refractivity contribution in [1.29, 1.82) is 0 Å². The number of para-hydroxylation sites is 1. The van der Waals surface area contributed by atoms with Gasteiger partial charge in [-0.1, -0.05) is 18.2 Å². The third-order valence-electron chi connectivity index (χ3n) is 4.65. The summed E-state index contributed by atoms with van der Waals surface area (Å²) >= 11 is 0. The summed E-state index contributed by atoms with van der Waals surface area (Å²) in [6.07, 6.45) is 0.781. The monoisotopic (exact) mass is 366 g/mol. The zero-order valence-electron chi connectivity index (χ0n) is 14.7. The van der Waals surface area contributed by atoms with Crippen LogP contribution < -0.4 is 15.0 Å². The van der Waals surface area contributed by atoms with Crippen LogP contribution >= 0.6 is 0 Å². The Morgan fingerprint density at radius 1 is 1.26 bits per heavy atom. The van der Waals surface area contributed by atoms with Crippen LogP contribution in [0, 0.1) is 0 Å². The number of hydrogen-bond acceptors (Lipinski definition) is 5. The van der Waals surface area contributed by atoms with Crippen molar-refractivity contribution in [3.05, 3.63) is 53.6 Å². The van der Waals surface area contributed by atoms with E-state index in [1.165, 1.54) is 12.1 Å². The van der Waals surface area contributed by atoms with Crippen molar-refractivity contribution >= 4 is 29.2 Å². The van der Waals surface area contributed by atoms with Crippen LogP contribution in [0.15, 0.2) is 42.5 Å². The summed E-state index contributed by atoms with van der Waals surface area (Å²) < 4.78 is 10.5. The smallest absolute Gasteiger partial charge is 0.338 e. The van der Waals surface area contributed by atoms with E-state index in [-0.39, 0.29) is 36.6 Å². The largest absolute Gasteiger partial charge is 0.482 e. The standard InChI is InChI=1S/C20H18N2O5/c1-12-8-13-4-2-3-5-16(13)22(12)19(24)11-27-20(25)14-6-7-15-17(9-14)26-10-18(23)21-15/h2-7,9,12H,8,10-11H2,1H3,(H,21,23). The van der Waals surface area contributed by atoms with Gasteiger partial charge in [0, 0.05) is 11.7 Å². The van der Waals surface area contributed by atoms with Crippen LogP contribution in [-0.2, 0) is 20.7 Å². The molecular formula is C20H18N2O5. The fourth-order valence-electron chi connectivity index (χ4n) is 3.43. The molecule has 2 amide bonds. The minimum Gasteiger partial charge on any atom is -0.482 e. The maximum atomic E-state index is 12.6. The lowest BCUT2D eigenvalue weighted by Crippen LogP contribution is -2.38. The van der Waals surface area contributed by atoms with E-state index in [0.717, 1.165) is 17.7 Å². The molecule has 0 saturated carbocycles. The Kier molecular flexibility index (Phi) is 4.27. The zero-order valence-corrected chi connectivity index (χ0v) is 14.7. The van der Waals surface area contributed by atoms with Gasteiger partial charge in [-0.05, 0) is 43.2 Å². The molecule has 2 heterocycles. The van der Waals surface area contributed by atoms with Crippen molar-refractivity contribution in [2.45, 2.75) is 19.4 Å². The first kappa shape index (κ1) is 17.1. The Hall–Kier alpha value is -3.35. The van der Waals surface area contributed by atoms with Crippen molar-refractivity contribution in [1.82, 2.24) is 0 Å². The third kappa shape index (κ3) is 3.23. The first-order valence-corrected chi connectivity index (χ1v) is 8.67. The van der Waals surface area contributed by atoms with Gasteiger partial charge in [0.25, 0.3) is 11.8 Å². The number of rotatable bonds is 3. The first-order valence-electron chi connectivity index (χ1n) is 8.67. The maximum absolute atomic E-state index is 12.6. The van der Waals surface area contributed by atoms with E-state index in [0.29, 0.717) is 11.4 Å². The lowest BCUT2D eigenvalue weighted by molar-refractivity contribution is -0.122. The molecule has 2 aliphatic heterocycles. The molecule has 1 unspecified atom stereocenters. The highest BCUT2D eigenvalue weighted by atomic mass is 16.5. The molecule has 1 N–H and O–H groups in total. The van der Waals surface area contributed by atoms with Gasteiger partial charge < -0.3 is 19.7 Å². The van der Waals surface area contributed by atoms with Crippen LogP contribution in [0.4, 0.5) is 11.4 Å². The van der Waals surface area contributed by atoms with E-state index < -0.39 is 5.97 Å². The first-order chi connectivity index (χ1) is 13.0. The van der Waals surface area contributed by atoms with E-state index in [4.69, 9.17) is 9.47 Å². The topological polar surface area (TPSA) is 84.9 Å². The number of anilines is 2. The van der Waals surface area contributed by atoms with Crippen molar-refractivity contribution in [2.75, 3.05) is 23.4 Å². The van der Waals surface area contributed by atoms with Gasteiger partial charge in [-0.2, -0.15) is 0 Å². The molecule has 0 radical (unpaired) electrons. The molecule has 27 heavy (non-hydrogen) atoms. The minimum absolute atomic E-state index is 0.0226. The number of fused-ring (bicyclic) bond motifs is 2. The van der Waals surface area contributed by atoms with Crippen LogP contribution in [0.25, 0.3) is 0 Å². The van der Waals surface area contributed by atoms with Crippen molar-refractivity contribution in [2.24, 2.45) is 0 Å². The number of carbonyl (C=O) groups excluding carboxylic acids is 3. The van der Waals surface area contributed by atoms with Crippen LogP contribution in [0.3, 0.4) is 0 Å². The van der Waals surface area contributed by atoms with Crippen molar-refractivity contribution in [3.8, 4) is 5.75 Å². The number of hydrogen-bond donors (Lipinski definition) is 1. The zero-order chi connectivity index (χ0) is 19.0. The molecule has 4 rings (SSSR count). The Bertz CT molecular complexity index is 940. The Balaban J connectivity index is 1.42. The highest BCUT2D eigenvalue weighted by Gasteiger charge is 2.31. The Morgan fingerprint density at radius 2 is 2.07 bits per heavy atom. The van der Waals surface area contributed by atoms with Gasteiger partial charge >= 0.3 is 5.97 Å². The van der Waals surface area contributed by atoms with E-state index in [1.54, 1.807) is 11.0 Å². The van der Waals surface area contributed by atoms with Crippen LogP contribution in [-0.4, -0.2) is 37.0 Å². The highest BCUT2D eigenvalue weighted by Crippen LogP contribution is 2.32. The summed E-state index contributed by atoms with van der Waals surface area (Å²) in [6, 6.07) is 12.3. The van der Waals surface area contributed by atoms with Crippen molar-refractivity contribution in [3.63, 3.8) is 0 Å². The third-order valence-corrected chi connectivity index (χ3v) is 4.65. The summed E-state index contributed by atoms with van der Waals surface area (Å²) in [6.45, 7) is 1.53. The summed E-state index contributed by atoms with van der Waals surface area (Å²) in [7, 11) is 0. The molecule has 0 aromatic heterocycles. The molecule has 138 valence electrons. The molecule has 0 fully saturated rings. The number of benzene rings is 2. The van der Waals surface area contributed by atoms with Crippen molar-refractivity contribution < 1.29 is 23.9 Å². The van der Waals surface area contributed by atoms with Crippen LogP contribution in [0.1, 0.15) is 22.8 Å². The number of carbonyl (C=O) groups is 3. The molecule has 7 nitrogen and oxygen atoms in total. The number of nitrogens with zero attached hydrogens (tertiary/aromatic N) is 1. The Morgan fingerprint density at radius 3 is 2.93 bits per heavy atom. The summed E-state index contributed by atoms with van der Waals surface area (Å²) in [5.74, 6) is -0.727. The highest BCUT2D eigenvalue weighted by molar-refractivity contribution is 6.00. The summed E-state index contributed by atoms with van der Waals surface area (Å²) in [4.78, 5) is 37.9. The predicted molar refractivity (Wildman–Crippen MR) is 97.9 cm³/mol. The van der Waals surface area contributed by atoms with Gasteiger partial charge in [0.05, 0.1) is 11.3 Å². The fourth-order valence-corrected chi connectivity index (χ4v) is 3.43. The van der Waals surface area contributed by atoms with E-state index in [1.807, 2.05) is 31.2 Å². The van der Waals surface area contributed by atoms with Gasteiger partial charge in [-0.25, -0.2) is 4.79 Å². The SMILES string of the molecule is CC1Cc2ccccc2N1C(=O)COC(=O)c1ccc2c(c1)OCC(=O)N2. The molecule has 0 aliphatic carbocycles. The van der Waals surface area contributed by atoms with Gasteiger partial charge in [-0.3, -0.25) is 9.59 Å². The molecule has 7 heteroatoms. The summed E-state index contributed by atoms with van der Waals surface area (Å²) in [5, 5.41) is 2.65. The van der Waals surface area contributed by atoms with E-state index >= 15 is 0 Å².